The first-order valence-electron chi connectivity index (χ1n) is 11.6. The van der Waals surface area contributed by atoms with Gasteiger partial charge in [-0.1, -0.05) is 86.8 Å². The predicted molar refractivity (Wildman–Crippen MR) is 173 cm³/mol. The first-order chi connectivity index (χ1) is 16.5. The van der Waals surface area contributed by atoms with Crippen molar-refractivity contribution in [2.75, 3.05) is 0 Å². The maximum Gasteiger partial charge on any atom is -0.0180 e. The van der Waals surface area contributed by atoms with E-state index >= 15 is 0 Å². The fourth-order valence-electron chi connectivity index (χ4n) is 4.83. The topological polar surface area (TPSA) is 0 Å². The summed E-state index contributed by atoms with van der Waals surface area (Å²) in [6.45, 7) is 11.7. The molecule has 0 aromatic heterocycles. The van der Waals surface area contributed by atoms with E-state index in [1.54, 1.807) is 0 Å². The van der Waals surface area contributed by atoms with Crippen molar-refractivity contribution in [1.82, 2.24) is 0 Å². The van der Waals surface area contributed by atoms with Crippen LogP contribution >= 0.6 is 24.8 Å². The van der Waals surface area contributed by atoms with Gasteiger partial charge in [-0.3, -0.25) is 6.08 Å². The Bertz CT molecular complexity index is 1490. The fourth-order valence-corrected chi connectivity index (χ4v) is 4.83. The number of allylic oxidation sites excluding steroid dienone is 4. The summed E-state index contributed by atoms with van der Waals surface area (Å²) in [5.74, 6) is 0.560. The van der Waals surface area contributed by atoms with Gasteiger partial charge in [-0.25, -0.2) is 5.57 Å². The summed E-state index contributed by atoms with van der Waals surface area (Å²) in [5, 5.41) is 7.87. The van der Waals surface area contributed by atoms with Crippen molar-refractivity contribution in [3.63, 3.8) is 0 Å². The van der Waals surface area contributed by atoms with E-state index in [1.165, 1.54) is 83.5 Å². The normalized spacial score (nSPS) is 13.4. The van der Waals surface area contributed by atoms with Crippen molar-refractivity contribution < 1.29 is 23.3 Å². The molecular weight excluding hydrogens is 599 g/mol. The molecule has 0 aliphatic heterocycles. The molecule has 0 N–H and O–H groups in total. The van der Waals surface area contributed by atoms with Crippen LogP contribution in [0, 0.1) is 26.8 Å². The van der Waals surface area contributed by atoms with E-state index in [9.17, 15) is 0 Å². The second-order valence-electron chi connectivity index (χ2n) is 8.83. The van der Waals surface area contributed by atoms with Gasteiger partial charge in [-0.2, -0.15) is 11.1 Å². The van der Waals surface area contributed by atoms with Crippen LogP contribution in [0.15, 0.2) is 108 Å². The molecule has 0 bridgehead atoms. The van der Waals surface area contributed by atoms with Crippen molar-refractivity contribution in [2.24, 2.45) is 5.92 Å². The third kappa shape index (κ3) is 7.22. The zero-order chi connectivity index (χ0) is 24.2. The Balaban J connectivity index is 0.000000791. The number of hydrogen-bond donors (Lipinski definition) is 0. The van der Waals surface area contributed by atoms with Crippen molar-refractivity contribution in [3.8, 4) is 11.1 Å². The number of halogens is 2. The minimum absolute atomic E-state index is 0. The van der Waals surface area contributed by atoms with Crippen LogP contribution in [0.5, 0.6) is 0 Å². The molecule has 1 aliphatic rings. The SMILES string of the molecule is CC1=[C-]C(C)C(C)=C1C.Cl.Cl.[CH3-].[CH3-].[Si]=[Zr].c1ccc2c(-c3c[cH-]c4ccccc34)c3ccccc3cc2c1. The maximum absolute atomic E-state index is 3.36. The van der Waals surface area contributed by atoms with E-state index in [4.69, 9.17) is 0 Å². The average Bonchev–Trinajstić information content (AvgIpc) is 3.40. The molecule has 5 aromatic rings. The molecular formula is C34H36Cl2SiZr-4. The van der Waals surface area contributed by atoms with Crippen LogP contribution in [0.1, 0.15) is 27.7 Å². The number of benzene rings is 4. The largest absolute Gasteiger partial charge is 0.150 e. The first kappa shape index (κ1) is 36.2. The van der Waals surface area contributed by atoms with Gasteiger partial charge in [0.1, 0.15) is 0 Å². The van der Waals surface area contributed by atoms with Crippen LogP contribution in [-0.2, 0) is 23.3 Å². The Kier molecular flexibility index (Phi) is 15.5. The third-order valence-electron chi connectivity index (χ3n) is 6.96. The zero-order valence-corrected chi connectivity index (χ0v) is 28.1. The molecule has 0 saturated heterocycles. The van der Waals surface area contributed by atoms with Gasteiger partial charge in [0.05, 0.1) is 0 Å². The smallest absolute Gasteiger partial charge is 0.0180 e. The molecule has 0 saturated carbocycles. The monoisotopic (exact) mass is 632 g/mol. The summed E-state index contributed by atoms with van der Waals surface area (Å²) in [6.07, 6.45) is 3.36. The van der Waals surface area contributed by atoms with Gasteiger partial charge < -0.3 is 14.9 Å². The summed E-state index contributed by atoms with van der Waals surface area (Å²) >= 11 is 1.36. The summed E-state index contributed by atoms with van der Waals surface area (Å²) in [4.78, 5) is 0. The van der Waals surface area contributed by atoms with Crippen LogP contribution < -0.4 is 0 Å². The Morgan fingerprint density at radius 1 is 0.737 bits per heavy atom. The third-order valence-corrected chi connectivity index (χ3v) is 6.96. The number of rotatable bonds is 1. The second kappa shape index (κ2) is 16.3. The number of hydrogen-bond acceptors (Lipinski definition) is 0. The minimum atomic E-state index is 0. The van der Waals surface area contributed by atoms with Crippen molar-refractivity contribution in [2.45, 2.75) is 27.7 Å². The van der Waals surface area contributed by atoms with Crippen LogP contribution in [0.2, 0.25) is 0 Å². The van der Waals surface area contributed by atoms with E-state index in [1.807, 2.05) is 0 Å². The molecule has 6 rings (SSSR count). The van der Waals surface area contributed by atoms with E-state index < -0.39 is 0 Å². The Hall–Kier alpha value is -1.83. The van der Waals surface area contributed by atoms with Gasteiger partial charge in [0.2, 0.25) is 0 Å². The van der Waals surface area contributed by atoms with Crippen LogP contribution in [0.3, 0.4) is 0 Å². The van der Waals surface area contributed by atoms with Crippen molar-refractivity contribution >= 4 is 64.0 Å². The Morgan fingerprint density at radius 2 is 1.21 bits per heavy atom. The molecule has 0 heterocycles. The Morgan fingerprint density at radius 3 is 1.66 bits per heavy atom. The molecule has 0 spiro atoms. The molecule has 4 heteroatoms. The zero-order valence-electron chi connectivity index (χ0n) is 23.1. The van der Waals surface area contributed by atoms with E-state index in [2.05, 4.69) is 132 Å². The van der Waals surface area contributed by atoms with E-state index in [0.717, 1.165) is 0 Å². The van der Waals surface area contributed by atoms with Crippen molar-refractivity contribution in [3.05, 3.63) is 129 Å². The van der Waals surface area contributed by atoms with Gasteiger partial charge in [0.25, 0.3) is 0 Å². The molecule has 0 amide bonds. The van der Waals surface area contributed by atoms with Gasteiger partial charge in [-0.05, 0) is 27.6 Å². The molecule has 1 atom stereocenters. The molecule has 0 nitrogen and oxygen atoms in total. The summed E-state index contributed by atoms with van der Waals surface area (Å²) in [6, 6.07) is 32.8. The standard InChI is InChI=1S/C23H15.C9H13.2CH3.2ClH.Si.Zr/c1-4-10-19-16(7-1)13-14-22(19)23-20-11-5-2-8-17(20)15-18-9-3-6-12-21(18)23;1-6-5-7(2)9(4)8(6)3;;;;;;/h1-15H;6H,1-4H3;2*1H3;2*1H;;/q4*-1;;;;. The second-order valence-corrected chi connectivity index (χ2v) is 8.83. The summed E-state index contributed by atoms with van der Waals surface area (Å²) in [5.41, 5.74) is 6.92. The first-order valence-corrected chi connectivity index (χ1v) is 15.8. The van der Waals surface area contributed by atoms with Crippen LogP contribution in [0.25, 0.3) is 43.4 Å². The predicted octanol–water partition coefficient (Wildman–Crippen LogP) is 10.6. The summed E-state index contributed by atoms with van der Waals surface area (Å²) in [7, 11) is 0. The maximum atomic E-state index is 3.36. The van der Waals surface area contributed by atoms with Crippen LogP contribution in [-0.4, -0.2) is 6.88 Å². The molecule has 0 fully saturated rings. The molecule has 38 heavy (non-hydrogen) atoms. The minimum Gasteiger partial charge on any atom is -0.150 e. The van der Waals surface area contributed by atoms with Crippen LogP contribution in [0.4, 0.5) is 0 Å². The van der Waals surface area contributed by atoms with E-state index in [0.29, 0.717) is 5.92 Å². The molecule has 198 valence electrons. The van der Waals surface area contributed by atoms with Gasteiger partial charge in [-0.15, -0.1) is 78.4 Å². The van der Waals surface area contributed by atoms with Gasteiger partial charge in [0.15, 0.2) is 0 Å². The Labute approximate surface area is 259 Å². The van der Waals surface area contributed by atoms with Gasteiger partial charge >= 0.3 is 30.2 Å². The quantitative estimate of drug-likeness (QED) is 0.0978. The summed E-state index contributed by atoms with van der Waals surface area (Å²) < 4.78 is 0. The molecule has 1 aliphatic carbocycles. The molecule has 1 unspecified atom stereocenters. The fraction of sp³-hybridized carbons (Fsp3) is 0.147. The average molecular weight is 635 g/mol. The molecule has 5 aromatic carbocycles. The van der Waals surface area contributed by atoms with Gasteiger partial charge in [0, 0.05) is 0 Å². The van der Waals surface area contributed by atoms with Crippen molar-refractivity contribution in [1.29, 1.82) is 0 Å². The van der Waals surface area contributed by atoms with E-state index in [-0.39, 0.29) is 39.7 Å². The number of fused-ring (bicyclic) bond motifs is 3. The molecule has 2 radical (unpaired) electrons.